The van der Waals surface area contributed by atoms with E-state index in [2.05, 4.69) is 21.9 Å². The third-order valence-electron chi connectivity index (χ3n) is 6.71. The summed E-state index contributed by atoms with van der Waals surface area (Å²) >= 11 is 6.32. The van der Waals surface area contributed by atoms with Crippen LogP contribution in [-0.4, -0.2) is 40.3 Å². The van der Waals surface area contributed by atoms with E-state index in [1.165, 1.54) is 38.1 Å². The molecule has 0 bridgehead atoms. The SMILES string of the molecule is CC(F)(F)n1nc(N)c2c(Cl)ccc(-c3ccc(C#CC(C)(C)S(C)(=O)=O)nc3[C@H](Cc3cc(F)cc(F)c3)OC(N)=O)c21. The average molecular weight is 652 g/mol. The molecule has 44 heavy (non-hydrogen) atoms. The molecule has 4 aromatic rings. The van der Waals surface area contributed by atoms with Crippen LogP contribution in [0.2, 0.25) is 5.02 Å². The molecule has 1 amide bonds. The van der Waals surface area contributed by atoms with Crippen LogP contribution in [0.4, 0.5) is 28.2 Å². The first kappa shape index (κ1) is 32.6. The fraction of sp³-hybridized carbons (Fsp3) is 0.276. The number of benzene rings is 2. The van der Waals surface area contributed by atoms with Crippen molar-refractivity contribution in [1.82, 2.24) is 14.8 Å². The van der Waals surface area contributed by atoms with Crippen LogP contribution in [0.1, 0.15) is 43.8 Å². The molecule has 0 saturated heterocycles. The number of carbonyl (C=O) groups is 1. The Bertz CT molecular complexity index is 1940. The van der Waals surface area contributed by atoms with E-state index >= 15 is 0 Å². The lowest BCUT2D eigenvalue weighted by molar-refractivity contribution is -0.0677. The van der Waals surface area contributed by atoms with Crippen LogP contribution in [0, 0.1) is 23.5 Å². The summed E-state index contributed by atoms with van der Waals surface area (Å²) in [6.45, 7) is 3.38. The van der Waals surface area contributed by atoms with Crippen molar-refractivity contribution in [1.29, 1.82) is 0 Å². The predicted molar refractivity (Wildman–Crippen MR) is 158 cm³/mol. The number of amides is 1. The minimum atomic E-state index is -3.62. The van der Waals surface area contributed by atoms with E-state index < -0.39 is 44.5 Å². The smallest absolute Gasteiger partial charge is 0.405 e. The highest BCUT2D eigenvalue weighted by atomic mass is 35.5. The van der Waals surface area contributed by atoms with Crippen LogP contribution in [0.25, 0.3) is 22.0 Å². The standard InChI is InChI=1S/C29H26ClF4N5O4S/c1-28(2,44(4,41)42)10-9-18-5-6-19(20-7-8-21(30)23-25(20)39(29(3,33)34)38-26(23)35)24(37-18)22(43-27(36)40)13-15-11-16(31)14-17(32)12-15/h5-8,11-12,14,22H,13H2,1-4H3,(H2,35,38)(H2,36,40)/t22-/m0/s1. The first-order valence-electron chi connectivity index (χ1n) is 12.8. The zero-order valence-electron chi connectivity index (χ0n) is 23.8. The number of alkyl halides is 2. The molecule has 2 aromatic heterocycles. The monoisotopic (exact) mass is 651 g/mol. The molecule has 4 N–H and O–H groups in total. The van der Waals surface area contributed by atoms with Crippen LogP contribution in [-0.2, 0) is 27.0 Å². The van der Waals surface area contributed by atoms with Gasteiger partial charge in [-0.05, 0) is 55.7 Å². The zero-order chi connectivity index (χ0) is 32.8. The Balaban J connectivity index is 2.05. The number of hydrogen-bond donors (Lipinski definition) is 2. The Morgan fingerprint density at radius 3 is 2.27 bits per heavy atom. The molecule has 0 aliphatic heterocycles. The molecule has 0 radical (unpaired) electrons. The second kappa shape index (κ2) is 11.6. The molecule has 9 nitrogen and oxygen atoms in total. The highest BCUT2D eigenvalue weighted by Crippen LogP contribution is 2.42. The maximum Gasteiger partial charge on any atom is 0.405 e. The van der Waals surface area contributed by atoms with Gasteiger partial charge >= 0.3 is 12.1 Å². The Morgan fingerprint density at radius 1 is 1.09 bits per heavy atom. The number of primary amides is 1. The van der Waals surface area contributed by atoms with E-state index in [0.717, 1.165) is 18.4 Å². The van der Waals surface area contributed by atoms with Crippen molar-refractivity contribution < 1.29 is 35.5 Å². The summed E-state index contributed by atoms with van der Waals surface area (Å²) in [6, 6.07) is 4.72. The Morgan fingerprint density at radius 2 is 1.70 bits per heavy atom. The normalized spacial score (nSPS) is 12.9. The number of nitrogens with two attached hydrogens (primary N) is 2. The number of carbonyl (C=O) groups excluding carboxylic acids is 1. The van der Waals surface area contributed by atoms with E-state index in [-0.39, 0.29) is 56.2 Å². The predicted octanol–water partition coefficient (Wildman–Crippen LogP) is 5.74. The third kappa shape index (κ3) is 6.74. The summed E-state index contributed by atoms with van der Waals surface area (Å²) in [5.74, 6) is 3.22. The van der Waals surface area contributed by atoms with Gasteiger partial charge in [0, 0.05) is 36.8 Å². The van der Waals surface area contributed by atoms with Crippen molar-refractivity contribution >= 4 is 44.3 Å². The molecule has 0 fully saturated rings. The van der Waals surface area contributed by atoms with Crippen molar-refractivity contribution in [2.24, 2.45) is 5.73 Å². The minimum Gasteiger partial charge on any atom is -0.439 e. The molecule has 2 heterocycles. The van der Waals surface area contributed by atoms with Crippen LogP contribution < -0.4 is 11.5 Å². The van der Waals surface area contributed by atoms with E-state index in [0.29, 0.717) is 17.7 Å². The summed E-state index contributed by atoms with van der Waals surface area (Å²) < 4.78 is 86.3. The highest BCUT2D eigenvalue weighted by Gasteiger charge is 2.33. The van der Waals surface area contributed by atoms with Gasteiger partial charge in [-0.15, -0.1) is 5.10 Å². The Hall–Kier alpha value is -4.35. The van der Waals surface area contributed by atoms with Crippen molar-refractivity contribution in [3.63, 3.8) is 0 Å². The molecule has 0 aliphatic carbocycles. The molecule has 0 unspecified atom stereocenters. The molecule has 0 spiro atoms. The number of sulfone groups is 1. The van der Waals surface area contributed by atoms with Gasteiger partial charge in [0.05, 0.1) is 21.6 Å². The second-order valence-corrected chi connectivity index (χ2v) is 13.5. The summed E-state index contributed by atoms with van der Waals surface area (Å²) in [4.78, 5) is 16.5. The van der Waals surface area contributed by atoms with Crippen molar-refractivity contribution in [3.8, 4) is 23.0 Å². The van der Waals surface area contributed by atoms with Gasteiger partial charge in [0.1, 0.15) is 22.1 Å². The van der Waals surface area contributed by atoms with E-state index in [1.807, 2.05) is 0 Å². The highest BCUT2D eigenvalue weighted by molar-refractivity contribution is 7.92. The summed E-state index contributed by atoms with van der Waals surface area (Å²) in [5, 5.41) is 3.82. The van der Waals surface area contributed by atoms with Gasteiger partial charge in [-0.25, -0.2) is 27.0 Å². The number of hydrogen-bond acceptors (Lipinski definition) is 7. The topological polar surface area (TPSA) is 143 Å². The lowest BCUT2D eigenvalue weighted by atomic mass is 9.95. The first-order chi connectivity index (χ1) is 20.3. The first-order valence-corrected chi connectivity index (χ1v) is 15.1. The number of halogens is 5. The van der Waals surface area contributed by atoms with Gasteiger partial charge in [0.2, 0.25) is 0 Å². The maximum atomic E-state index is 14.8. The van der Waals surface area contributed by atoms with Gasteiger partial charge in [0.25, 0.3) is 0 Å². The number of aromatic nitrogens is 3. The molecule has 15 heteroatoms. The van der Waals surface area contributed by atoms with E-state index in [1.54, 1.807) is 0 Å². The van der Waals surface area contributed by atoms with Crippen LogP contribution in [0.15, 0.2) is 42.5 Å². The number of fused-ring (bicyclic) bond motifs is 1. The lowest BCUT2D eigenvalue weighted by Crippen LogP contribution is -2.28. The van der Waals surface area contributed by atoms with E-state index in [4.69, 9.17) is 27.8 Å². The van der Waals surface area contributed by atoms with Gasteiger partial charge in [-0.1, -0.05) is 23.6 Å². The largest absolute Gasteiger partial charge is 0.439 e. The van der Waals surface area contributed by atoms with Crippen LogP contribution in [0.3, 0.4) is 0 Å². The fourth-order valence-electron chi connectivity index (χ4n) is 4.34. The lowest BCUT2D eigenvalue weighted by Gasteiger charge is -2.21. The zero-order valence-corrected chi connectivity index (χ0v) is 25.3. The maximum absolute atomic E-state index is 14.8. The van der Waals surface area contributed by atoms with Gasteiger partial charge in [0.15, 0.2) is 21.8 Å². The Kier molecular flexibility index (Phi) is 8.60. The van der Waals surface area contributed by atoms with Gasteiger partial charge < -0.3 is 16.2 Å². The molecule has 1 atom stereocenters. The molecular weight excluding hydrogens is 626 g/mol. The third-order valence-corrected chi connectivity index (χ3v) is 8.99. The van der Waals surface area contributed by atoms with Gasteiger partial charge in [-0.2, -0.15) is 13.5 Å². The second-order valence-electron chi connectivity index (χ2n) is 10.5. The minimum absolute atomic E-state index is 0.00279. The number of nitrogen functional groups attached to an aromatic ring is 1. The van der Waals surface area contributed by atoms with Crippen molar-refractivity contribution in [3.05, 3.63) is 76.1 Å². The molecule has 2 aromatic carbocycles. The average Bonchev–Trinajstić information content (AvgIpc) is 3.24. The summed E-state index contributed by atoms with van der Waals surface area (Å²) in [5.41, 5.74) is 11.3. The number of nitrogens with zero attached hydrogens (tertiary/aromatic N) is 3. The summed E-state index contributed by atoms with van der Waals surface area (Å²) in [6.07, 6.45) is -2.05. The Labute approximate surface area is 255 Å². The van der Waals surface area contributed by atoms with Crippen molar-refractivity contribution in [2.75, 3.05) is 12.0 Å². The number of pyridine rings is 1. The van der Waals surface area contributed by atoms with Crippen molar-refractivity contribution in [2.45, 2.75) is 44.1 Å². The number of ether oxygens (including phenoxy) is 1. The molecule has 4 rings (SSSR count). The summed E-state index contributed by atoms with van der Waals surface area (Å²) in [7, 11) is -3.62. The molecule has 0 aliphatic rings. The molecule has 0 saturated carbocycles. The number of anilines is 1. The number of rotatable bonds is 7. The van der Waals surface area contributed by atoms with Gasteiger partial charge in [-0.3, -0.25) is 0 Å². The van der Waals surface area contributed by atoms with Crippen LogP contribution >= 0.6 is 11.6 Å². The quantitative estimate of drug-likeness (QED) is 0.192. The van der Waals surface area contributed by atoms with Crippen LogP contribution in [0.5, 0.6) is 0 Å². The molecular formula is C29H26ClF4N5O4S. The van der Waals surface area contributed by atoms with E-state index in [9.17, 15) is 30.8 Å². The molecule has 232 valence electrons. The fourth-order valence-corrected chi connectivity index (χ4v) is 4.83.